The molecule has 2 aliphatic carbocycles. The molecule has 38 heavy (non-hydrogen) atoms. The minimum atomic E-state index is -3.63. The molecule has 3 aliphatic rings. The molecule has 1 aliphatic heterocycles. The van der Waals surface area contributed by atoms with Gasteiger partial charge in [-0.2, -0.15) is 0 Å². The van der Waals surface area contributed by atoms with Gasteiger partial charge in [0.15, 0.2) is 5.88 Å². The summed E-state index contributed by atoms with van der Waals surface area (Å²) < 4.78 is 34.3. The van der Waals surface area contributed by atoms with E-state index in [1.165, 1.54) is 12.0 Å². The van der Waals surface area contributed by atoms with Crippen LogP contribution in [0.4, 0.5) is 11.4 Å². The number of H-pyrrole nitrogens is 1. The van der Waals surface area contributed by atoms with Crippen LogP contribution in [0.15, 0.2) is 52.9 Å². The number of sulfonamides is 1. The van der Waals surface area contributed by atoms with Crippen LogP contribution in [0, 0.1) is 5.92 Å². The summed E-state index contributed by atoms with van der Waals surface area (Å²) >= 11 is 0. The number of hydrogen-bond acceptors (Lipinski definition) is 6. The maximum absolute atomic E-state index is 13.0. The van der Waals surface area contributed by atoms with E-state index in [4.69, 9.17) is 4.74 Å². The first-order valence-corrected chi connectivity index (χ1v) is 15.2. The van der Waals surface area contributed by atoms with Gasteiger partial charge in [0.05, 0.1) is 29.4 Å². The highest BCUT2D eigenvalue weighted by molar-refractivity contribution is 7.89. The van der Waals surface area contributed by atoms with Gasteiger partial charge in [0.2, 0.25) is 10.0 Å². The molecule has 8 nitrogen and oxygen atoms in total. The van der Waals surface area contributed by atoms with E-state index in [0.29, 0.717) is 28.9 Å². The Kier molecular flexibility index (Phi) is 7.07. The number of nitrogens with one attached hydrogen (secondary N) is 3. The first kappa shape index (κ1) is 25.3. The van der Waals surface area contributed by atoms with Crippen molar-refractivity contribution in [2.45, 2.75) is 49.8 Å². The number of hydrogen-bond donors (Lipinski definition) is 4. The predicted octanol–water partition coefficient (Wildman–Crippen LogP) is 5.19. The monoisotopic (exact) mass is 536 g/mol. The van der Waals surface area contributed by atoms with Crippen molar-refractivity contribution in [1.29, 1.82) is 0 Å². The molecule has 3 aromatic rings. The molecule has 2 heterocycles. The summed E-state index contributed by atoms with van der Waals surface area (Å²) in [7, 11) is -3.63. The molecule has 1 aromatic heterocycles. The standard InChI is InChI=1S/C29H36N4O4S/c34-29-27(25-18-24(12-13-26(25)32-29)38(35,36)30-19-20-6-7-20)28(21-4-2-1-3-5-21)31-22-8-10-23(11-9-22)33-14-16-37-17-15-33/h8-13,18,20,30-32,34H,1-7,14-17,19H2. The van der Waals surface area contributed by atoms with E-state index in [1.54, 1.807) is 18.2 Å². The molecule has 0 bridgehead atoms. The van der Waals surface area contributed by atoms with Crippen molar-refractivity contribution in [3.63, 3.8) is 0 Å². The van der Waals surface area contributed by atoms with Crippen LogP contribution < -0.4 is 14.9 Å². The maximum atomic E-state index is 13.0. The minimum Gasteiger partial charge on any atom is -0.494 e. The fraction of sp³-hybridized carbons (Fsp3) is 0.448. The highest BCUT2D eigenvalue weighted by Crippen LogP contribution is 2.40. The molecular weight excluding hydrogens is 500 g/mol. The second-order valence-corrected chi connectivity index (χ2v) is 12.4. The van der Waals surface area contributed by atoms with Gasteiger partial charge in [0.25, 0.3) is 0 Å². The molecule has 0 atom stereocenters. The number of aromatic amines is 1. The van der Waals surface area contributed by atoms with Crippen LogP contribution in [0.3, 0.4) is 0 Å². The number of morpholine rings is 1. The van der Waals surface area contributed by atoms with Crippen molar-refractivity contribution < 1.29 is 18.3 Å². The van der Waals surface area contributed by atoms with E-state index in [0.717, 1.165) is 81.9 Å². The summed E-state index contributed by atoms with van der Waals surface area (Å²) in [5, 5.41) is 15.4. The number of allylic oxidation sites excluding steroid dienone is 1. The SMILES string of the molecule is O=S(=O)(NCC1CC1)c1ccc2[nH]c(O)c(C(Nc3ccc(N4CCOCC4)cc3)=C3CCCCC3)c2c1. The maximum Gasteiger partial charge on any atom is 0.240 e. The van der Waals surface area contributed by atoms with Crippen LogP contribution in [0.25, 0.3) is 16.6 Å². The lowest BCUT2D eigenvalue weighted by molar-refractivity contribution is 0.122. The molecule has 0 spiro atoms. The van der Waals surface area contributed by atoms with Crippen molar-refractivity contribution in [1.82, 2.24) is 9.71 Å². The Morgan fingerprint density at radius 2 is 1.76 bits per heavy atom. The van der Waals surface area contributed by atoms with Crippen molar-refractivity contribution in [3.8, 4) is 5.88 Å². The quantitative estimate of drug-likeness (QED) is 0.316. The van der Waals surface area contributed by atoms with Gasteiger partial charge in [-0.15, -0.1) is 0 Å². The zero-order chi connectivity index (χ0) is 26.1. The summed E-state index contributed by atoms with van der Waals surface area (Å²) in [5.41, 5.74) is 5.55. The summed E-state index contributed by atoms with van der Waals surface area (Å²) in [4.78, 5) is 5.61. The fourth-order valence-electron chi connectivity index (χ4n) is 5.49. The largest absolute Gasteiger partial charge is 0.494 e. The van der Waals surface area contributed by atoms with E-state index in [-0.39, 0.29) is 10.8 Å². The first-order valence-electron chi connectivity index (χ1n) is 13.7. The zero-order valence-corrected chi connectivity index (χ0v) is 22.4. The van der Waals surface area contributed by atoms with Crippen LogP contribution in [0.2, 0.25) is 0 Å². The van der Waals surface area contributed by atoms with Crippen molar-refractivity contribution >= 4 is 38.0 Å². The van der Waals surface area contributed by atoms with Gasteiger partial charge >= 0.3 is 0 Å². The molecule has 1 saturated heterocycles. The average Bonchev–Trinajstić information content (AvgIpc) is 3.73. The Bertz CT molecular complexity index is 1430. The third kappa shape index (κ3) is 5.41. The third-order valence-corrected chi connectivity index (χ3v) is 9.31. The predicted molar refractivity (Wildman–Crippen MR) is 151 cm³/mol. The second-order valence-electron chi connectivity index (χ2n) is 10.7. The van der Waals surface area contributed by atoms with Gasteiger partial charge < -0.3 is 25.0 Å². The van der Waals surface area contributed by atoms with Crippen molar-refractivity contribution in [2.24, 2.45) is 5.92 Å². The summed E-state index contributed by atoms with van der Waals surface area (Å²) in [6.45, 7) is 3.72. The summed E-state index contributed by atoms with van der Waals surface area (Å²) in [6.07, 6.45) is 7.44. The van der Waals surface area contributed by atoms with Gasteiger partial charge in [0, 0.05) is 41.9 Å². The summed E-state index contributed by atoms with van der Waals surface area (Å²) in [5.74, 6) is 0.493. The number of aromatic nitrogens is 1. The Balaban J connectivity index is 1.35. The van der Waals surface area contributed by atoms with Crippen LogP contribution in [-0.2, 0) is 14.8 Å². The van der Waals surface area contributed by atoms with Crippen LogP contribution in [0.5, 0.6) is 5.88 Å². The van der Waals surface area contributed by atoms with E-state index in [1.807, 2.05) is 0 Å². The smallest absolute Gasteiger partial charge is 0.240 e. The molecule has 9 heteroatoms. The van der Waals surface area contributed by atoms with E-state index < -0.39 is 10.0 Å². The molecule has 0 unspecified atom stereocenters. The number of benzene rings is 2. The van der Waals surface area contributed by atoms with E-state index in [9.17, 15) is 13.5 Å². The Morgan fingerprint density at radius 3 is 2.47 bits per heavy atom. The number of anilines is 2. The molecule has 6 rings (SSSR count). The molecule has 202 valence electrons. The third-order valence-electron chi connectivity index (χ3n) is 7.89. The molecule has 0 radical (unpaired) electrons. The molecular formula is C29H36N4O4S. The molecule has 2 aromatic carbocycles. The Morgan fingerprint density at radius 1 is 1.03 bits per heavy atom. The first-order chi connectivity index (χ1) is 18.5. The lowest BCUT2D eigenvalue weighted by Gasteiger charge is -2.29. The van der Waals surface area contributed by atoms with Gasteiger partial charge in [-0.3, -0.25) is 0 Å². The van der Waals surface area contributed by atoms with E-state index in [2.05, 4.69) is 44.2 Å². The lowest BCUT2D eigenvalue weighted by atomic mass is 9.91. The van der Waals surface area contributed by atoms with Crippen molar-refractivity contribution in [3.05, 3.63) is 53.6 Å². The Hall–Kier alpha value is -3.01. The number of rotatable bonds is 8. The molecule has 4 N–H and O–H groups in total. The fourth-order valence-corrected chi connectivity index (χ4v) is 6.63. The van der Waals surface area contributed by atoms with Crippen LogP contribution >= 0.6 is 0 Å². The molecule has 2 saturated carbocycles. The number of fused-ring (bicyclic) bond motifs is 1. The lowest BCUT2D eigenvalue weighted by Crippen LogP contribution is -2.36. The second kappa shape index (κ2) is 10.6. The summed E-state index contributed by atoms with van der Waals surface area (Å²) in [6, 6.07) is 13.4. The topological polar surface area (TPSA) is 107 Å². The minimum absolute atomic E-state index is 0.0472. The highest BCUT2D eigenvalue weighted by Gasteiger charge is 2.26. The average molecular weight is 537 g/mol. The number of nitrogens with zero attached hydrogens (tertiary/aromatic N) is 1. The van der Waals surface area contributed by atoms with Gasteiger partial charge in [0.1, 0.15) is 0 Å². The zero-order valence-electron chi connectivity index (χ0n) is 21.6. The number of aromatic hydroxyl groups is 1. The highest BCUT2D eigenvalue weighted by atomic mass is 32.2. The van der Waals surface area contributed by atoms with Crippen molar-refractivity contribution in [2.75, 3.05) is 43.1 Å². The normalized spacial score (nSPS) is 18.6. The van der Waals surface area contributed by atoms with E-state index >= 15 is 0 Å². The molecule has 3 fully saturated rings. The number of ether oxygens (including phenoxy) is 1. The van der Waals surface area contributed by atoms with Crippen LogP contribution in [0.1, 0.15) is 50.5 Å². The van der Waals surface area contributed by atoms with Gasteiger partial charge in [-0.25, -0.2) is 13.1 Å². The molecule has 0 amide bonds. The Labute approximate surface area is 224 Å². The van der Waals surface area contributed by atoms with Gasteiger partial charge in [-0.05, 0) is 92.5 Å². The van der Waals surface area contributed by atoms with Crippen LogP contribution in [-0.4, -0.2) is 51.4 Å². The van der Waals surface area contributed by atoms with Gasteiger partial charge in [-0.1, -0.05) is 6.42 Å².